The Balaban J connectivity index is 2.03. The predicted molar refractivity (Wildman–Crippen MR) is 76.5 cm³/mol. The topological polar surface area (TPSA) is 84.0 Å². The van der Waals surface area contributed by atoms with Gasteiger partial charge in [-0.1, -0.05) is 29.5 Å². The van der Waals surface area contributed by atoms with Crippen LogP contribution in [0.15, 0.2) is 35.8 Å². The van der Waals surface area contributed by atoms with E-state index in [9.17, 15) is 9.59 Å². The highest BCUT2D eigenvalue weighted by Crippen LogP contribution is 2.13. The molecule has 20 heavy (non-hydrogen) atoms. The third kappa shape index (κ3) is 3.39. The second-order valence-electron chi connectivity index (χ2n) is 4.64. The van der Waals surface area contributed by atoms with Crippen molar-refractivity contribution < 1.29 is 9.59 Å². The van der Waals surface area contributed by atoms with Gasteiger partial charge in [-0.25, -0.2) is 0 Å². The number of nitrogens with zero attached hydrogens (tertiary/aromatic N) is 2. The minimum atomic E-state index is -1.06. The van der Waals surface area contributed by atoms with Crippen molar-refractivity contribution in [2.75, 3.05) is 5.32 Å². The van der Waals surface area contributed by atoms with Gasteiger partial charge in [-0.05, 0) is 26.0 Å². The van der Waals surface area contributed by atoms with Crippen LogP contribution in [0.5, 0.6) is 0 Å². The van der Waals surface area contributed by atoms with Gasteiger partial charge in [0, 0.05) is 5.56 Å². The number of hydrogen-bond acceptors (Lipinski definition) is 5. The molecule has 0 bridgehead atoms. The maximum Gasteiger partial charge on any atom is 0.252 e. The van der Waals surface area contributed by atoms with Crippen molar-refractivity contribution in [3.8, 4) is 0 Å². The number of rotatable bonds is 4. The average Bonchev–Trinajstić information content (AvgIpc) is 2.92. The van der Waals surface area contributed by atoms with Gasteiger partial charge in [0.2, 0.25) is 5.13 Å². The quantitative estimate of drug-likeness (QED) is 0.897. The minimum Gasteiger partial charge on any atom is -0.338 e. The number of benzene rings is 1. The molecule has 2 N–H and O–H groups in total. The Morgan fingerprint density at radius 3 is 2.50 bits per heavy atom. The van der Waals surface area contributed by atoms with Crippen molar-refractivity contribution in [3.05, 3.63) is 41.4 Å². The molecule has 0 unspecified atom stereocenters. The lowest BCUT2D eigenvalue weighted by molar-refractivity contribution is -0.120. The van der Waals surface area contributed by atoms with Crippen molar-refractivity contribution in [1.29, 1.82) is 0 Å². The summed E-state index contributed by atoms with van der Waals surface area (Å²) in [6.45, 7) is 3.26. The van der Waals surface area contributed by atoms with Crippen LogP contribution in [0.1, 0.15) is 24.2 Å². The van der Waals surface area contributed by atoms with Crippen molar-refractivity contribution in [2.45, 2.75) is 19.4 Å². The molecule has 104 valence electrons. The first-order valence-corrected chi connectivity index (χ1v) is 6.82. The van der Waals surface area contributed by atoms with Crippen LogP contribution in [0.25, 0.3) is 0 Å². The first kappa shape index (κ1) is 14.1. The van der Waals surface area contributed by atoms with Gasteiger partial charge in [0.05, 0.1) is 0 Å². The second kappa shape index (κ2) is 5.79. The molecule has 6 nitrogen and oxygen atoms in total. The summed E-state index contributed by atoms with van der Waals surface area (Å²) in [6, 6.07) is 8.73. The molecule has 0 aliphatic rings. The Morgan fingerprint density at radius 2 is 1.90 bits per heavy atom. The fourth-order valence-corrected chi connectivity index (χ4v) is 1.92. The second-order valence-corrected chi connectivity index (χ2v) is 5.48. The number of aromatic nitrogens is 2. The Labute approximate surface area is 120 Å². The predicted octanol–water partition coefficient (Wildman–Crippen LogP) is 1.69. The molecular formula is C13H14N4O2S. The van der Waals surface area contributed by atoms with E-state index in [1.54, 1.807) is 38.1 Å². The minimum absolute atomic E-state index is 0.303. The van der Waals surface area contributed by atoms with E-state index in [1.807, 2.05) is 6.07 Å². The fraction of sp³-hybridized carbons (Fsp3) is 0.231. The highest BCUT2D eigenvalue weighted by Gasteiger charge is 2.30. The molecule has 1 heterocycles. The van der Waals surface area contributed by atoms with E-state index in [4.69, 9.17) is 0 Å². The smallest absolute Gasteiger partial charge is 0.252 e. The SMILES string of the molecule is CC(C)(NC(=O)c1ccccc1)C(=O)Nc1nncs1. The van der Waals surface area contributed by atoms with Gasteiger partial charge >= 0.3 is 0 Å². The van der Waals surface area contributed by atoms with Crippen LogP contribution in [0.3, 0.4) is 0 Å². The first-order valence-electron chi connectivity index (χ1n) is 5.94. The molecule has 2 amide bonds. The lowest BCUT2D eigenvalue weighted by atomic mass is 10.0. The molecule has 7 heteroatoms. The maximum absolute atomic E-state index is 12.1. The zero-order valence-corrected chi connectivity index (χ0v) is 11.9. The Hall–Kier alpha value is -2.28. The number of carbonyl (C=O) groups excluding carboxylic acids is 2. The number of carbonyl (C=O) groups is 2. The molecule has 0 saturated heterocycles. The molecule has 1 aromatic heterocycles. The van der Waals surface area contributed by atoms with E-state index in [0.717, 1.165) is 0 Å². The van der Waals surface area contributed by atoms with Gasteiger partial charge in [0.1, 0.15) is 11.0 Å². The van der Waals surface area contributed by atoms with Gasteiger partial charge in [-0.3, -0.25) is 14.9 Å². The van der Waals surface area contributed by atoms with Gasteiger partial charge in [-0.2, -0.15) is 0 Å². The molecule has 0 aliphatic heterocycles. The highest BCUT2D eigenvalue weighted by atomic mass is 32.1. The largest absolute Gasteiger partial charge is 0.338 e. The van der Waals surface area contributed by atoms with Crippen molar-refractivity contribution in [2.24, 2.45) is 0 Å². The highest BCUT2D eigenvalue weighted by molar-refractivity contribution is 7.13. The van der Waals surface area contributed by atoms with Crippen LogP contribution in [0.4, 0.5) is 5.13 Å². The van der Waals surface area contributed by atoms with Gasteiger partial charge in [0.25, 0.3) is 11.8 Å². The summed E-state index contributed by atoms with van der Waals surface area (Å²) in [5.74, 6) is -0.651. The molecule has 0 saturated carbocycles. The van der Waals surface area contributed by atoms with E-state index in [2.05, 4.69) is 20.8 Å². The summed E-state index contributed by atoms with van der Waals surface area (Å²) in [7, 11) is 0. The van der Waals surface area contributed by atoms with Gasteiger partial charge < -0.3 is 5.32 Å². The van der Waals surface area contributed by atoms with Crippen LogP contribution in [-0.4, -0.2) is 27.6 Å². The number of amides is 2. The van der Waals surface area contributed by atoms with Crippen LogP contribution < -0.4 is 10.6 Å². The molecule has 2 aromatic rings. The molecule has 1 aromatic carbocycles. The normalized spacial score (nSPS) is 10.9. The Kier molecular flexibility index (Phi) is 4.09. The van der Waals surface area contributed by atoms with Crippen molar-refractivity contribution in [1.82, 2.24) is 15.5 Å². The van der Waals surface area contributed by atoms with Crippen LogP contribution in [0, 0.1) is 0 Å². The van der Waals surface area contributed by atoms with Gasteiger partial charge in [-0.15, -0.1) is 10.2 Å². The summed E-state index contributed by atoms with van der Waals surface area (Å²) >= 11 is 1.22. The molecule has 0 aliphatic carbocycles. The first-order chi connectivity index (χ1) is 9.49. The lowest BCUT2D eigenvalue weighted by Gasteiger charge is -2.24. The summed E-state index contributed by atoms with van der Waals surface area (Å²) in [5, 5.41) is 13.1. The fourth-order valence-electron chi connectivity index (χ4n) is 1.48. The van der Waals surface area contributed by atoms with Crippen LogP contribution in [-0.2, 0) is 4.79 Å². The van der Waals surface area contributed by atoms with E-state index in [1.165, 1.54) is 16.8 Å². The van der Waals surface area contributed by atoms with Crippen molar-refractivity contribution >= 4 is 28.3 Å². The molecule has 2 rings (SSSR count). The van der Waals surface area contributed by atoms with Crippen LogP contribution in [0.2, 0.25) is 0 Å². The maximum atomic E-state index is 12.1. The summed E-state index contributed by atoms with van der Waals surface area (Å²) in [4.78, 5) is 24.2. The lowest BCUT2D eigenvalue weighted by Crippen LogP contribution is -2.52. The molecule has 0 fully saturated rings. The standard InChI is InChI=1S/C13H14N4O2S/c1-13(2,11(19)15-12-17-14-8-20-12)16-10(18)9-6-4-3-5-7-9/h3-8H,1-2H3,(H,16,18)(H,15,17,19). The third-order valence-corrected chi connectivity index (χ3v) is 3.22. The number of anilines is 1. The summed E-state index contributed by atoms with van der Waals surface area (Å²) in [5.41, 5.74) is 0.966. The third-order valence-electron chi connectivity index (χ3n) is 2.61. The van der Waals surface area contributed by atoms with E-state index < -0.39 is 5.54 Å². The Bertz CT molecular complexity index is 596. The molecule has 0 radical (unpaired) electrons. The van der Waals surface area contributed by atoms with E-state index >= 15 is 0 Å². The van der Waals surface area contributed by atoms with E-state index in [0.29, 0.717) is 10.7 Å². The van der Waals surface area contributed by atoms with E-state index in [-0.39, 0.29) is 11.8 Å². The Morgan fingerprint density at radius 1 is 1.20 bits per heavy atom. The summed E-state index contributed by atoms with van der Waals surface area (Å²) < 4.78 is 0. The monoisotopic (exact) mass is 290 g/mol. The molecular weight excluding hydrogens is 276 g/mol. The summed E-state index contributed by atoms with van der Waals surface area (Å²) in [6.07, 6.45) is 0. The zero-order valence-electron chi connectivity index (χ0n) is 11.1. The zero-order chi connectivity index (χ0) is 14.6. The van der Waals surface area contributed by atoms with Crippen LogP contribution >= 0.6 is 11.3 Å². The molecule has 0 atom stereocenters. The molecule has 0 spiro atoms. The number of nitrogens with one attached hydrogen (secondary N) is 2. The van der Waals surface area contributed by atoms with Crippen molar-refractivity contribution in [3.63, 3.8) is 0 Å². The van der Waals surface area contributed by atoms with Gasteiger partial charge in [0.15, 0.2) is 0 Å². The number of hydrogen-bond donors (Lipinski definition) is 2. The average molecular weight is 290 g/mol.